The predicted octanol–water partition coefficient (Wildman–Crippen LogP) is 4.17. The van der Waals surface area contributed by atoms with Crippen LogP contribution in [-0.4, -0.2) is 19.1 Å². The normalized spacial score (nSPS) is 15.4. The smallest absolute Gasteiger partial charge is 0.255 e. The summed E-state index contributed by atoms with van der Waals surface area (Å²) in [5.41, 5.74) is 4.06. The molecule has 1 amide bonds. The molecule has 3 aromatic rings. The summed E-state index contributed by atoms with van der Waals surface area (Å²) in [5, 5.41) is 2.97. The first-order valence-electron chi connectivity index (χ1n) is 9.48. The minimum absolute atomic E-state index is 0.144. The van der Waals surface area contributed by atoms with Gasteiger partial charge >= 0.3 is 0 Å². The van der Waals surface area contributed by atoms with Crippen molar-refractivity contribution in [3.8, 4) is 5.75 Å². The van der Waals surface area contributed by atoms with Crippen LogP contribution >= 0.6 is 0 Å². The van der Waals surface area contributed by atoms with Gasteiger partial charge in [-0.2, -0.15) is 0 Å². The van der Waals surface area contributed by atoms with Crippen LogP contribution < -0.4 is 15.0 Å². The van der Waals surface area contributed by atoms with Crippen LogP contribution in [0.15, 0.2) is 65.3 Å². The summed E-state index contributed by atoms with van der Waals surface area (Å²) >= 11 is 0. The van der Waals surface area contributed by atoms with E-state index in [9.17, 15) is 4.79 Å². The summed E-state index contributed by atoms with van der Waals surface area (Å²) < 4.78 is 11.0. The second kappa shape index (κ2) is 7.80. The Balaban J connectivity index is 1.48. The topological polar surface area (TPSA) is 54.7 Å². The molecule has 0 saturated heterocycles. The zero-order valence-corrected chi connectivity index (χ0v) is 16.1. The Morgan fingerprint density at radius 1 is 1.18 bits per heavy atom. The Kier molecular flexibility index (Phi) is 5.06. The highest BCUT2D eigenvalue weighted by atomic mass is 16.5. The Morgan fingerprint density at radius 3 is 2.82 bits per heavy atom. The Labute approximate surface area is 164 Å². The first kappa shape index (κ1) is 18.2. The van der Waals surface area contributed by atoms with Crippen LogP contribution in [0.4, 0.5) is 5.69 Å². The number of rotatable bonds is 6. The first-order valence-corrected chi connectivity index (χ1v) is 9.48. The molecule has 1 aromatic heterocycles. The molecule has 1 unspecified atom stereocenters. The number of carbonyl (C=O) groups excluding carboxylic acids is 1. The van der Waals surface area contributed by atoms with E-state index in [1.165, 1.54) is 11.3 Å². The molecule has 1 aliphatic rings. The van der Waals surface area contributed by atoms with Gasteiger partial charge in [0.2, 0.25) is 0 Å². The van der Waals surface area contributed by atoms with Crippen molar-refractivity contribution in [3.05, 3.63) is 83.3 Å². The molecule has 1 aliphatic heterocycles. The summed E-state index contributed by atoms with van der Waals surface area (Å²) in [6.45, 7) is 3.17. The number of hydrogen-bond acceptors (Lipinski definition) is 4. The average Bonchev–Trinajstić information content (AvgIpc) is 3.31. The maximum atomic E-state index is 12.8. The van der Waals surface area contributed by atoms with Gasteiger partial charge in [0.15, 0.2) is 0 Å². The lowest BCUT2D eigenvalue weighted by molar-refractivity contribution is 0.0948. The van der Waals surface area contributed by atoms with E-state index in [-0.39, 0.29) is 5.91 Å². The fourth-order valence-corrected chi connectivity index (χ4v) is 3.81. The molecular weight excluding hydrogens is 352 g/mol. The van der Waals surface area contributed by atoms with Gasteiger partial charge in [-0.3, -0.25) is 4.79 Å². The first-order chi connectivity index (χ1) is 13.7. The number of amides is 1. The van der Waals surface area contributed by atoms with Crippen LogP contribution in [0.25, 0.3) is 0 Å². The van der Waals surface area contributed by atoms with E-state index < -0.39 is 0 Å². The second-order valence-corrected chi connectivity index (χ2v) is 7.06. The van der Waals surface area contributed by atoms with Gasteiger partial charge in [-0.15, -0.1) is 0 Å². The van der Waals surface area contributed by atoms with Gasteiger partial charge in [-0.1, -0.05) is 36.4 Å². The lowest BCUT2D eigenvalue weighted by atomic mass is 10.1. The number of ether oxygens (including phenoxy) is 1. The molecule has 5 heteroatoms. The molecule has 0 aliphatic carbocycles. The number of methoxy groups -OCH3 is 1. The van der Waals surface area contributed by atoms with Crippen molar-refractivity contribution in [2.75, 3.05) is 12.0 Å². The van der Waals surface area contributed by atoms with Crippen LogP contribution in [-0.2, 0) is 19.5 Å². The molecule has 2 heterocycles. The van der Waals surface area contributed by atoms with Gasteiger partial charge in [-0.25, -0.2) is 0 Å². The van der Waals surface area contributed by atoms with E-state index in [1.54, 1.807) is 19.4 Å². The molecule has 1 N–H and O–H groups in total. The van der Waals surface area contributed by atoms with Crippen LogP contribution in [0, 0.1) is 0 Å². The summed E-state index contributed by atoms with van der Waals surface area (Å²) in [7, 11) is 1.63. The van der Waals surface area contributed by atoms with Crippen LogP contribution in [0.2, 0.25) is 0 Å². The number of nitrogens with zero attached hydrogens (tertiary/aromatic N) is 1. The standard InChI is InChI=1S/C23H24N2O3/c1-16-13-17-7-3-5-9-20(17)25(16)15-22-19(11-12-28-22)23(26)24-14-18-8-4-6-10-21(18)27-2/h3-12,16H,13-15H2,1-2H3,(H,24,26). The van der Waals surface area contributed by atoms with Crippen LogP contribution in [0.5, 0.6) is 5.75 Å². The minimum atomic E-state index is -0.144. The van der Waals surface area contributed by atoms with Gasteiger partial charge in [0, 0.05) is 23.8 Å². The molecule has 4 rings (SSSR count). The number of hydrogen-bond donors (Lipinski definition) is 1. The van der Waals surface area contributed by atoms with E-state index in [0.29, 0.717) is 30.5 Å². The molecule has 2 aromatic carbocycles. The van der Waals surface area contributed by atoms with Gasteiger partial charge in [0.25, 0.3) is 5.91 Å². The zero-order chi connectivity index (χ0) is 19.5. The maximum absolute atomic E-state index is 12.8. The highest BCUT2D eigenvalue weighted by molar-refractivity contribution is 5.95. The lowest BCUT2D eigenvalue weighted by Crippen LogP contribution is -2.30. The third-order valence-electron chi connectivity index (χ3n) is 5.28. The SMILES string of the molecule is COc1ccccc1CNC(=O)c1ccoc1CN1c2ccccc2CC1C. The largest absolute Gasteiger partial charge is 0.496 e. The Hall–Kier alpha value is -3.21. The van der Waals surface area contributed by atoms with Crippen LogP contribution in [0.1, 0.15) is 34.2 Å². The van der Waals surface area contributed by atoms with Crippen molar-refractivity contribution >= 4 is 11.6 Å². The fraction of sp³-hybridized carbons (Fsp3) is 0.261. The molecule has 0 radical (unpaired) electrons. The lowest BCUT2D eigenvalue weighted by Gasteiger charge is -2.24. The summed E-state index contributed by atoms with van der Waals surface area (Å²) in [6, 6.07) is 18.2. The minimum Gasteiger partial charge on any atom is -0.496 e. The van der Waals surface area contributed by atoms with Gasteiger partial charge in [0.05, 0.1) is 25.5 Å². The van der Waals surface area contributed by atoms with Crippen molar-refractivity contribution in [3.63, 3.8) is 0 Å². The number of furan rings is 1. The number of benzene rings is 2. The average molecular weight is 376 g/mol. The highest BCUT2D eigenvalue weighted by Gasteiger charge is 2.28. The van der Waals surface area contributed by atoms with Crippen molar-refractivity contribution in [1.29, 1.82) is 0 Å². The van der Waals surface area contributed by atoms with E-state index in [2.05, 4.69) is 35.3 Å². The number of para-hydroxylation sites is 2. The quantitative estimate of drug-likeness (QED) is 0.702. The molecule has 5 nitrogen and oxygen atoms in total. The van der Waals surface area contributed by atoms with Crippen molar-refractivity contribution in [2.24, 2.45) is 0 Å². The number of carbonyl (C=O) groups is 1. The van der Waals surface area contributed by atoms with Gasteiger partial charge in [-0.05, 0) is 37.1 Å². The molecule has 0 fully saturated rings. The summed E-state index contributed by atoms with van der Waals surface area (Å²) in [6.07, 6.45) is 2.59. The summed E-state index contributed by atoms with van der Waals surface area (Å²) in [4.78, 5) is 15.1. The monoisotopic (exact) mass is 376 g/mol. The summed E-state index contributed by atoms with van der Waals surface area (Å²) in [5.74, 6) is 1.30. The second-order valence-electron chi connectivity index (χ2n) is 7.06. The molecular formula is C23H24N2O3. The van der Waals surface area contributed by atoms with Crippen LogP contribution in [0.3, 0.4) is 0 Å². The molecule has 0 spiro atoms. The molecule has 1 atom stereocenters. The molecule has 28 heavy (non-hydrogen) atoms. The molecule has 0 bridgehead atoms. The van der Waals surface area contributed by atoms with Crippen molar-refractivity contribution in [1.82, 2.24) is 5.32 Å². The van der Waals surface area contributed by atoms with E-state index >= 15 is 0 Å². The van der Waals surface area contributed by atoms with E-state index in [0.717, 1.165) is 17.7 Å². The highest BCUT2D eigenvalue weighted by Crippen LogP contribution is 2.33. The number of anilines is 1. The van der Waals surface area contributed by atoms with Crippen molar-refractivity contribution in [2.45, 2.75) is 32.5 Å². The molecule has 144 valence electrons. The van der Waals surface area contributed by atoms with Gasteiger partial charge in [0.1, 0.15) is 11.5 Å². The number of fused-ring (bicyclic) bond motifs is 1. The third kappa shape index (κ3) is 3.48. The fourth-order valence-electron chi connectivity index (χ4n) is 3.81. The van der Waals surface area contributed by atoms with E-state index in [4.69, 9.17) is 9.15 Å². The third-order valence-corrected chi connectivity index (χ3v) is 5.28. The van der Waals surface area contributed by atoms with Crippen molar-refractivity contribution < 1.29 is 13.9 Å². The molecule has 0 saturated carbocycles. The Morgan fingerprint density at radius 2 is 1.96 bits per heavy atom. The van der Waals surface area contributed by atoms with Gasteiger partial charge < -0.3 is 19.4 Å². The Bertz CT molecular complexity index is 979. The maximum Gasteiger partial charge on any atom is 0.255 e. The van der Waals surface area contributed by atoms with E-state index in [1.807, 2.05) is 30.3 Å². The zero-order valence-electron chi connectivity index (χ0n) is 16.1. The predicted molar refractivity (Wildman–Crippen MR) is 109 cm³/mol. The number of nitrogens with one attached hydrogen (secondary N) is 1.